The molecular weight excluding hydrogens is 430 g/mol. The van der Waals surface area contributed by atoms with Crippen LogP contribution in [0.3, 0.4) is 0 Å². The number of hydrogen-bond acceptors (Lipinski definition) is 6. The number of aromatic nitrogens is 3. The highest BCUT2D eigenvalue weighted by molar-refractivity contribution is 5.95. The molecule has 34 heavy (non-hydrogen) atoms. The van der Waals surface area contributed by atoms with Crippen LogP contribution in [0.1, 0.15) is 36.7 Å². The number of carbonyl (C=O) groups excluding carboxylic acids is 1. The van der Waals surface area contributed by atoms with Crippen molar-refractivity contribution >= 4 is 34.4 Å². The normalized spacial score (nSPS) is 21.0. The van der Waals surface area contributed by atoms with Gasteiger partial charge in [0.15, 0.2) is 0 Å². The number of amides is 1. The third kappa shape index (κ3) is 4.18. The number of aromatic amines is 1. The van der Waals surface area contributed by atoms with Gasteiger partial charge < -0.3 is 20.9 Å². The number of nitriles is 1. The van der Waals surface area contributed by atoms with Crippen molar-refractivity contribution in [2.75, 3.05) is 24.5 Å². The molecule has 10 nitrogen and oxygen atoms in total. The van der Waals surface area contributed by atoms with E-state index in [0.29, 0.717) is 30.9 Å². The Hall–Kier alpha value is -3.97. The number of hydrogen-bond donors (Lipinski definition) is 3. The van der Waals surface area contributed by atoms with Crippen molar-refractivity contribution in [2.24, 2.45) is 10.7 Å². The average molecular weight is 461 g/mol. The second kappa shape index (κ2) is 9.11. The maximum Gasteiger partial charge on any atom is 0.317 e. The lowest BCUT2D eigenvalue weighted by molar-refractivity contribution is -0.802. The lowest BCUT2D eigenvalue weighted by atomic mass is 10.1. The van der Waals surface area contributed by atoms with Gasteiger partial charge in [-0.3, -0.25) is 4.79 Å². The van der Waals surface area contributed by atoms with Crippen molar-refractivity contribution < 1.29 is 9.28 Å². The predicted octanol–water partition coefficient (Wildman–Crippen LogP) is 2.56. The van der Waals surface area contributed by atoms with Crippen LogP contribution in [0.25, 0.3) is 11.0 Å². The second-order valence-corrected chi connectivity index (χ2v) is 9.03. The van der Waals surface area contributed by atoms with Gasteiger partial charge in [0.1, 0.15) is 30.4 Å². The first kappa shape index (κ1) is 23.2. The quantitative estimate of drug-likeness (QED) is 0.237. The van der Waals surface area contributed by atoms with E-state index in [4.69, 9.17) is 5.73 Å². The molecule has 1 saturated heterocycles. The highest BCUT2D eigenvalue weighted by atomic mass is 16.1. The van der Waals surface area contributed by atoms with Crippen molar-refractivity contribution in [1.82, 2.24) is 20.3 Å². The molecule has 1 aromatic carbocycles. The van der Waals surface area contributed by atoms with E-state index in [2.05, 4.69) is 36.4 Å². The number of aliphatic imine (C=N–C) groups is 1. The van der Waals surface area contributed by atoms with Crippen LogP contribution in [0.4, 0.5) is 11.5 Å². The number of benzene rings is 1. The first-order chi connectivity index (χ1) is 16.2. The van der Waals surface area contributed by atoms with E-state index in [1.165, 1.54) is 0 Å². The van der Waals surface area contributed by atoms with Gasteiger partial charge in [-0.05, 0) is 51.5 Å². The topological polar surface area (TPSA) is 136 Å². The molecule has 2 atom stereocenters. The van der Waals surface area contributed by atoms with Crippen LogP contribution in [-0.2, 0) is 0 Å². The summed E-state index contributed by atoms with van der Waals surface area (Å²) in [5.74, 6) is 0.889. The van der Waals surface area contributed by atoms with E-state index >= 15 is 0 Å². The molecule has 3 heterocycles. The van der Waals surface area contributed by atoms with Crippen LogP contribution in [0, 0.1) is 18.4 Å². The summed E-state index contributed by atoms with van der Waals surface area (Å²) in [6.45, 7) is 9.45. The molecule has 1 aliphatic heterocycles. The molecule has 0 aliphatic carbocycles. The monoisotopic (exact) mass is 460 g/mol. The number of nitrogens with zero attached hydrogens (tertiary/aromatic N) is 6. The predicted molar refractivity (Wildman–Crippen MR) is 131 cm³/mol. The van der Waals surface area contributed by atoms with Crippen molar-refractivity contribution in [2.45, 2.75) is 39.8 Å². The molecule has 4 rings (SSSR count). The molecule has 1 unspecified atom stereocenters. The van der Waals surface area contributed by atoms with Crippen molar-refractivity contribution in [3.63, 3.8) is 0 Å². The molecule has 0 saturated carbocycles. The second-order valence-electron chi connectivity index (χ2n) is 9.03. The Kier molecular flexibility index (Phi) is 6.22. The smallest absolute Gasteiger partial charge is 0.317 e. The summed E-state index contributed by atoms with van der Waals surface area (Å²) < 4.78 is -0.0980. The minimum Gasteiger partial charge on any atom is -0.350 e. The lowest BCUT2D eigenvalue weighted by Gasteiger charge is -2.42. The van der Waals surface area contributed by atoms with Gasteiger partial charge in [-0.2, -0.15) is 9.48 Å². The standard InChI is InChI=1S/C24H29N9O/c1-15(2)30-23(34)18-6-5-7-19(10-18)31-24(26)33(13-25)9-8-32(12-17(33)4)22-20-16(3)11-27-21(20)28-14-29-22/h5-7,10-11,14-15,17H,8-9,12H2,1-4H3,(H3-,26,27,28,29,30,31,34)/p+1/t17?,33-/m0/s1. The molecule has 176 valence electrons. The molecule has 0 radical (unpaired) electrons. The lowest BCUT2D eigenvalue weighted by Crippen LogP contribution is -2.67. The SMILES string of the molecule is Cc1c[nH]c2ncnc(N3CC[N@@+](C#N)(C(N)=Nc4cccc(C(=O)NC(C)C)c4)C(C)C3)c12. The summed E-state index contributed by atoms with van der Waals surface area (Å²) >= 11 is 0. The summed E-state index contributed by atoms with van der Waals surface area (Å²) in [5, 5.41) is 14.1. The molecule has 1 fully saturated rings. The van der Waals surface area contributed by atoms with Gasteiger partial charge in [0, 0.05) is 17.8 Å². The number of piperazine rings is 1. The molecule has 1 aliphatic rings. The molecule has 10 heteroatoms. The molecule has 3 aromatic rings. The number of fused-ring (bicyclic) bond motifs is 1. The summed E-state index contributed by atoms with van der Waals surface area (Å²) in [4.78, 5) is 31.1. The van der Waals surface area contributed by atoms with Crippen LogP contribution in [0.5, 0.6) is 0 Å². The highest BCUT2D eigenvalue weighted by Gasteiger charge is 2.45. The Balaban J connectivity index is 1.59. The summed E-state index contributed by atoms with van der Waals surface area (Å²) in [5.41, 5.74) is 9.36. The van der Waals surface area contributed by atoms with Gasteiger partial charge in [0.25, 0.3) is 5.91 Å². The Morgan fingerprint density at radius 2 is 2.21 bits per heavy atom. The zero-order valence-electron chi connectivity index (χ0n) is 19.9. The molecule has 0 bridgehead atoms. The first-order valence-corrected chi connectivity index (χ1v) is 11.3. The van der Waals surface area contributed by atoms with Crippen LogP contribution in [0.15, 0.2) is 41.8 Å². The Morgan fingerprint density at radius 1 is 1.41 bits per heavy atom. The zero-order chi connectivity index (χ0) is 24.5. The Bertz CT molecular complexity index is 1290. The number of H-pyrrole nitrogens is 1. The van der Waals surface area contributed by atoms with Gasteiger partial charge in [-0.15, -0.1) is 5.26 Å². The minimum atomic E-state index is -0.173. The number of rotatable bonds is 4. The van der Waals surface area contributed by atoms with Gasteiger partial charge in [0.2, 0.25) is 0 Å². The third-order valence-electron chi connectivity index (χ3n) is 6.27. The number of nitrogens with two attached hydrogens (primary N) is 1. The van der Waals surface area contributed by atoms with E-state index in [-0.39, 0.29) is 28.4 Å². The maximum absolute atomic E-state index is 12.4. The van der Waals surface area contributed by atoms with Gasteiger partial charge in [-0.25, -0.2) is 9.97 Å². The highest BCUT2D eigenvalue weighted by Crippen LogP contribution is 2.30. The molecule has 0 spiro atoms. The van der Waals surface area contributed by atoms with Gasteiger partial charge in [-0.1, -0.05) is 6.07 Å². The molecule has 4 N–H and O–H groups in total. The van der Waals surface area contributed by atoms with Crippen LogP contribution < -0.4 is 16.0 Å². The summed E-state index contributed by atoms with van der Waals surface area (Å²) in [7, 11) is 0. The largest absolute Gasteiger partial charge is 0.350 e. The molecule has 1 amide bonds. The van der Waals surface area contributed by atoms with E-state index in [9.17, 15) is 10.1 Å². The van der Waals surface area contributed by atoms with E-state index < -0.39 is 0 Å². The first-order valence-electron chi connectivity index (χ1n) is 11.3. The number of nitrogens with one attached hydrogen (secondary N) is 2. The molecule has 2 aromatic heterocycles. The van der Waals surface area contributed by atoms with Gasteiger partial charge >= 0.3 is 12.2 Å². The fourth-order valence-corrected chi connectivity index (χ4v) is 4.40. The Labute approximate surface area is 198 Å². The van der Waals surface area contributed by atoms with Crippen molar-refractivity contribution in [3.05, 3.63) is 47.9 Å². The Morgan fingerprint density at radius 3 is 2.91 bits per heavy atom. The third-order valence-corrected chi connectivity index (χ3v) is 6.27. The van der Waals surface area contributed by atoms with E-state index in [1.807, 2.05) is 33.9 Å². The van der Waals surface area contributed by atoms with E-state index in [0.717, 1.165) is 22.4 Å². The average Bonchev–Trinajstić information content (AvgIpc) is 3.20. The summed E-state index contributed by atoms with van der Waals surface area (Å²) in [6.07, 6.45) is 5.88. The number of anilines is 1. The van der Waals surface area contributed by atoms with Crippen molar-refractivity contribution in [3.8, 4) is 6.19 Å². The zero-order valence-corrected chi connectivity index (χ0v) is 19.9. The van der Waals surface area contributed by atoms with Gasteiger partial charge in [0.05, 0.1) is 24.2 Å². The van der Waals surface area contributed by atoms with E-state index in [1.54, 1.807) is 30.6 Å². The van der Waals surface area contributed by atoms with Crippen LogP contribution >= 0.6 is 0 Å². The number of aryl methyl sites for hydroxylation is 1. The summed E-state index contributed by atoms with van der Waals surface area (Å²) in [6, 6.07) is 6.83. The maximum atomic E-state index is 12.4. The van der Waals surface area contributed by atoms with Crippen LogP contribution in [-0.4, -0.2) is 63.0 Å². The van der Waals surface area contributed by atoms with Crippen molar-refractivity contribution in [1.29, 1.82) is 5.26 Å². The minimum absolute atomic E-state index is 0.0282. The number of guanidine groups is 1. The fourth-order valence-electron chi connectivity index (χ4n) is 4.40. The molecular formula is C24H30N9O+. The number of carbonyl (C=O) groups is 1. The van der Waals surface area contributed by atoms with Crippen LogP contribution in [0.2, 0.25) is 0 Å². The number of quaternary nitrogens is 1. The fraction of sp³-hybridized carbons (Fsp3) is 0.375.